The SMILES string of the molecule is Cc1cccc(C(NN)c2cccc(OC3CC3)c2)n1. The highest BCUT2D eigenvalue weighted by atomic mass is 16.5. The van der Waals surface area contributed by atoms with E-state index in [9.17, 15) is 0 Å². The highest BCUT2D eigenvalue weighted by Gasteiger charge is 2.24. The number of ether oxygens (including phenoxy) is 1. The molecule has 4 nitrogen and oxygen atoms in total. The summed E-state index contributed by atoms with van der Waals surface area (Å²) in [5.74, 6) is 6.62. The van der Waals surface area contributed by atoms with Crippen LogP contribution in [-0.4, -0.2) is 11.1 Å². The van der Waals surface area contributed by atoms with Crippen molar-refractivity contribution in [2.24, 2.45) is 5.84 Å². The lowest BCUT2D eigenvalue weighted by Gasteiger charge is -2.17. The van der Waals surface area contributed by atoms with Crippen LogP contribution in [0.1, 0.15) is 35.8 Å². The second-order valence-electron chi connectivity index (χ2n) is 5.19. The van der Waals surface area contributed by atoms with Crippen molar-refractivity contribution in [3.8, 4) is 5.75 Å². The molecule has 1 aromatic heterocycles. The predicted octanol–water partition coefficient (Wildman–Crippen LogP) is 2.48. The third kappa shape index (κ3) is 2.98. The molecule has 1 saturated carbocycles. The first kappa shape index (κ1) is 13.1. The highest BCUT2D eigenvalue weighted by molar-refractivity contribution is 5.35. The molecule has 4 heteroatoms. The van der Waals surface area contributed by atoms with Crippen molar-refractivity contribution in [1.29, 1.82) is 0 Å². The van der Waals surface area contributed by atoms with Gasteiger partial charge in [0, 0.05) is 5.69 Å². The van der Waals surface area contributed by atoms with Crippen LogP contribution in [-0.2, 0) is 0 Å². The van der Waals surface area contributed by atoms with Crippen molar-refractivity contribution in [2.75, 3.05) is 0 Å². The first-order chi connectivity index (χ1) is 9.76. The smallest absolute Gasteiger partial charge is 0.120 e. The Morgan fingerprint density at radius 3 is 2.75 bits per heavy atom. The van der Waals surface area contributed by atoms with Crippen molar-refractivity contribution in [2.45, 2.75) is 31.9 Å². The summed E-state index contributed by atoms with van der Waals surface area (Å²) < 4.78 is 5.83. The van der Waals surface area contributed by atoms with E-state index in [1.165, 1.54) is 0 Å². The monoisotopic (exact) mass is 269 g/mol. The molecule has 0 aliphatic heterocycles. The molecule has 3 rings (SSSR count). The maximum absolute atomic E-state index is 5.83. The largest absolute Gasteiger partial charge is 0.490 e. The molecule has 1 aliphatic rings. The van der Waals surface area contributed by atoms with Gasteiger partial charge in [-0.1, -0.05) is 18.2 Å². The maximum atomic E-state index is 5.83. The van der Waals surface area contributed by atoms with Crippen molar-refractivity contribution < 1.29 is 4.74 Å². The second kappa shape index (κ2) is 5.61. The van der Waals surface area contributed by atoms with E-state index in [2.05, 4.69) is 10.4 Å². The lowest BCUT2D eigenvalue weighted by Crippen LogP contribution is -2.29. The lowest BCUT2D eigenvalue weighted by molar-refractivity contribution is 0.302. The fourth-order valence-electron chi connectivity index (χ4n) is 2.22. The second-order valence-corrected chi connectivity index (χ2v) is 5.19. The van der Waals surface area contributed by atoms with Gasteiger partial charge in [0.15, 0.2) is 0 Å². The van der Waals surface area contributed by atoms with Crippen molar-refractivity contribution in [3.63, 3.8) is 0 Å². The van der Waals surface area contributed by atoms with Crippen LogP contribution in [0, 0.1) is 6.92 Å². The normalized spacial score (nSPS) is 15.9. The van der Waals surface area contributed by atoms with E-state index in [1.54, 1.807) is 0 Å². The summed E-state index contributed by atoms with van der Waals surface area (Å²) in [7, 11) is 0. The number of pyridine rings is 1. The molecule has 104 valence electrons. The Bertz CT molecular complexity index is 596. The number of hydrazine groups is 1. The number of nitrogens with two attached hydrogens (primary N) is 1. The zero-order valence-corrected chi connectivity index (χ0v) is 11.5. The van der Waals surface area contributed by atoms with E-state index in [1.807, 2.05) is 49.4 Å². The molecule has 1 fully saturated rings. The van der Waals surface area contributed by atoms with Crippen molar-refractivity contribution in [1.82, 2.24) is 10.4 Å². The Balaban J connectivity index is 1.88. The van der Waals surface area contributed by atoms with Crippen LogP contribution in [0.15, 0.2) is 42.5 Å². The first-order valence-electron chi connectivity index (χ1n) is 6.92. The summed E-state index contributed by atoms with van der Waals surface area (Å²) in [6.07, 6.45) is 2.71. The molecule has 0 bridgehead atoms. The standard InChI is InChI=1S/C16H19N3O/c1-11-4-2-7-15(18-11)16(19-17)12-5-3-6-14(10-12)20-13-8-9-13/h2-7,10,13,16,19H,8-9,17H2,1H3. The topological polar surface area (TPSA) is 60.2 Å². The molecule has 2 aromatic rings. The van der Waals surface area contributed by atoms with Gasteiger partial charge in [-0.15, -0.1) is 0 Å². The molecule has 1 atom stereocenters. The molecule has 1 unspecified atom stereocenters. The van der Waals surface area contributed by atoms with Crippen LogP contribution >= 0.6 is 0 Å². The molecule has 1 heterocycles. The Kier molecular flexibility index (Phi) is 3.67. The molecule has 0 amide bonds. The minimum atomic E-state index is -0.127. The van der Waals surface area contributed by atoms with Gasteiger partial charge < -0.3 is 4.74 Å². The highest BCUT2D eigenvalue weighted by Crippen LogP contribution is 2.29. The van der Waals surface area contributed by atoms with Crippen LogP contribution in [0.2, 0.25) is 0 Å². The Hall–Kier alpha value is -1.91. The van der Waals surface area contributed by atoms with E-state index < -0.39 is 0 Å². The zero-order valence-electron chi connectivity index (χ0n) is 11.5. The van der Waals surface area contributed by atoms with Gasteiger partial charge >= 0.3 is 0 Å². The molecular formula is C16H19N3O. The molecule has 20 heavy (non-hydrogen) atoms. The van der Waals surface area contributed by atoms with Crippen LogP contribution in [0.4, 0.5) is 0 Å². The van der Waals surface area contributed by atoms with Crippen LogP contribution in [0.25, 0.3) is 0 Å². The lowest BCUT2D eigenvalue weighted by atomic mass is 10.0. The van der Waals surface area contributed by atoms with Gasteiger partial charge in [-0.2, -0.15) is 0 Å². The number of aromatic nitrogens is 1. The number of aryl methyl sites for hydroxylation is 1. The molecule has 3 N–H and O–H groups in total. The molecule has 0 spiro atoms. The Morgan fingerprint density at radius 1 is 1.25 bits per heavy atom. The van der Waals surface area contributed by atoms with E-state index in [0.717, 1.165) is 35.5 Å². The van der Waals surface area contributed by atoms with Gasteiger partial charge in [-0.3, -0.25) is 10.8 Å². The van der Waals surface area contributed by atoms with Gasteiger partial charge in [0.05, 0.1) is 17.8 Å². The van der Waals surface area contributed by atoms with Gasteiger partial charge in [-0.25, -0.2) is 5.43 Å². The van der Waals surface area contributed by atoms with Crippen LogP contribution in [0.5, 0.6) is 5.75 Å². The fraction of sp³-hybridized carbons (Fsp3) is 0.312. The Labute approximate surface area is 119 Å². The number of hydrogen-bond donors (Lipinski definition) is 2. The number of benzene rings is 1. The van der Waals surface area contributed by atoms with Gasteiger partial charge in [0.1, 0.15) is 5.75 Å². The summed E-state index contributed by atoms with van der Waals surface area (Å²) in [6, 6.07) is 13.9. The van der Waals surface area contributed by atoms with E-state index in [-0.39, 0.29) is 6.04 Å². The quantitative estimate of drug-likeness (QED) is 0.646. The third-order valence-corrected chi connectivity index (χ3v) is 3.39. The van der Waals surface area contributed by atoms with Gasteiger partial charge in [0.25, 0.3) is 0 Å². The molecule has 0 radical (unpaired) electrons. The molecular weight excluding hydrogens is 250 g/mol. The van der Waals surface area contributed by atoms with Crippen molar-refractivity contribution in [3.05, 3.63) is 59.4 Å². The number of rotatable bonds is 5. The average Bonchev–Trinajstić information content (AvgIpc) is 3.24. The third-order valence-electron chi connectivity index (χ3n) is 3.39. The van der Waals surface area contributed by atoms with Crippen molar-refractivity contribution >= 4 is 0 Å². The maximum Gasteiger partial charge on any atom is 0.120 e. The molecule has 1 aromatic carbocycles. The van der Waals surface area contributed by atoms with Gasteiger partial charge in [-0.05, 0) is 49.6 Å². The minimum absolute atomic E-state index is 0.127. The first-order valence-corrected chi connectivity index (χ1v) is 6.92. The molecule has 0 saturated heterocycles. The van der Waals surface area contributed by atoms with Crippen LogP contribution < -0.4 is 16.0 Å². The Morgan fingerprint density at radius 2 is 2.05 bits per heavy atom. The summed E-state index contributed by atoms with van der Waals surface area (Å²) in [5.41, 5.74) is 5.79. The number of nitrogens with zero attached hydrogens (tertiary/aromatic N) is 1. The predicted molar refractivity (Wildman–Crippen MR) is 78.2 cm³/mol. The summed E-state index contributed by atoms with van der Waals surface area (Å²) in [6.45, 7) is 1.98. The van der Waals surface area contributed by atoms with Crippen LogP contribution in [0.3, 0.4) is 0 Å². The van der Waals surface area contributed by atoms with E-state index in [4.69, 9.17) is 10.6 Å². The van der Waals surface area contributed by atoms with Gasteiger partial charge in [0.2, 0.25) is 0 Å². The fourth-order valence-corrected chi connectivity index (χ4v) is 2.22. The zero-order chi connectivity index (χ0) is 13.9. The molecule has 1 aliphatic carbocycles. The summed E-state index contributed by atoms with van der Waals surface area (Å²) in [4.78, 5) is 4.54. The van der Waals surface area contributed by atoms with E-state index in [0.29, 0.717) is 6.10 Å². The average molecular weight is 269 g/mol. The van der Waals surface area contributed by atoms with E-state index >= 15 is 0 Å². The number of hydrogen-bond acceptors (Lipinski definition) is 4. The summed E-state index contributed by atoms with van der Waals surface area (Å²) in [5, 5.41) is 0. The minimum Gasteiger partial charge on any atom is -0.490 e. The number of nitrogens with one attached hydrogen (secondary N) is 1. The summed E-state index contributed by atoms with van der Waals surface area (Å²) >= 11 is 0.